The maximum atomic E-state index is 3.62. The number of nitrogens with one attached hydrogen (secondary N) is 1. The van der Waals surface area contributed by atoms with Crippen molar-refractivity contribution < 1.29 is 0 Å². The van der Waals surface area contributed by atoms with Gasteiger partial charge in [0.25, 0.3) is 0 Å². The molecule has 0 saturated carbocycles. The van der Waals surface area contributed by atoms with E-state index in [0.717, 1.165) is 13.0 Å². The number of nitrogens with zero attached hydrogens (tertiary/aromatic N) is 1. The van der Waals surface area contributed by atoms with Crippen molar-refractivity contribution in [1.82, 2.24) is 10.2 Å². The Morgan fingerprint density at radius 2 is 2.19 bits per heavy atom. The summed E-state index contributed by atoms with van der Waals surface area (Å²) in [5.41, 5.74) is 1.45. The van der Waals surface area contributed by atoms with Gasteiger partial charge in [0.2, 0.25) is 0 Å². The van der Waals surface area contributed by atoms with Crippen molar-refractivity contribution in [3.8, 4) is 0 Å². The summed E-state index contributed by atoms with van der Waals surface area (Å²) in [6.07, 6.45) is 2.33. The molecule has 3 heteroatoms. The van der Waals surface area contributed by atoms with E-state index in [1.165, 1.54) is 12.0 Å². The number of hydrogen-bond donors (Lipinski definition) is 1. The third kappa shape index (κ3) is 4.64. The van der Waals surface area contributed by atoms with Crippen LogP contribution in [0, 0.1) is 0 Å². The molecule has 0 spiro atoms. The van der Waals surface area contributed by atoms with E-state index in [-0.39, 0.29) is 0 Å². The van der Waals surface area contributed by atoms with Crippen LogP contribution >= 0.6 is 11.3 Å². The largest absolute Gasteiger partial charge is 0.312 e. The third-order valence-electron chi connectivity index (χ3n) is 3.03. The van der Waals surface area contributed by atoms with E-state index in [4.69, 9.17) is 0 Å². The van der Waals surface area contributed by atoms with Crippen LogP contribution in [0.15, 0.2) is 16.8 Å². The Hall–Kier alpha value is -0.380. The van der Waals surface area contributed by atoms with Gasteiger partial charge >= 0.3 is 0 Å². The number of rotatable bonds is 7. The van der Waals surface area contributed by atoms with Crippen LogP contribution in [-0.4, -0.2) is 37.6 Å². The Bertz CT molecular complexity index is 269. The molecule has 0 fully saturated rings. The zero-order valence-electron chi connectivity index (χ0n) is 10.9. The molecule has 2 nitrogen and oxygen atoms in total. The molecule has 2 atom stereocenters. The minimum absolute atomic E-state index is 0.559. The Balaban J connectivity index is 2.26. The Morgan fingerprint density at radius 1 is 1.44 bits per heavy atom. The molecule has 0 radical (unpaired) electrons. The third-order valence-corrected chi connectivity index (χ3v) is 3.76. The minimum atomic E-state index is 0.559. The van der Waals surface area contributed by atoms with Gasteiger partial charge in [0.1, 0.15) is 0 Å². The van der Waals surface area contributed by atoms with Gasteiger partial charge in [0.15, 0.2) is 0 Å². The summed E-state index contributed by atoms with van der Waals surface area (Å²) < 4.78 is 0. The van der Waals surface area contributed by atoms with E-state index in [9.17, 15) is 0 Å². The van der Waals surface area contributed by atoms with Crippen molar-refractivity contribution in [3.63, 3.8) is 0 Å². The highest BCUT2D eigenvalue weighted by molar-refractivity contribution is 7.07. The molecule has 0 aliphatic rings. The first-order chi connectivity index (χ1) is 7.63. The molecule has 2 unspecified atom stereocenters. The van der Waals surface area contributed by atoms with Gasteiger partial charge in [-0.05, 0) is 56.3 Å². The Morgan fingerprint density at radius 3 is 2.69 bits per heavy atom. The van der Waals surface area contributed by atoms with Crippen LogP contribution in [0.2, 0.25) is 0 Å². The molecule has 1 aromatic heterocycles. The highest BCUT2D eigenvalue weighted by Crippen LogP contribution is 2.08. The molecule has 0 aliphatic heterocycles. The average molecular weight is 240 g/mol. The zero-order chi connectivity index (χ0) is 12.0. The van der Waals surface area contributed by atoms with Crippen LogP contribution in [0.5, 0.6) is 0 Å². The molecule has 0 saturated heterocycles. The van der Waals surface area contributed by atoms with Crippen LogP contribution in [0.3, 0.4) is 0 Å². The van der Waals surface area contributed by atoms with Crippen LogP contribution < -0.4 is 5.32 Å². The summed E-state index contributed by atoms with van der Waals surface area (Å²) >= 11 is 1.78. The van der Waals surface area contributed by atoms with Gasteiger partial charge in [-0.1, -0.05) is 6.92 Å². The van der Waals surface area contributed by atoms with Crippen LogP contribution in [0.1, 0.15) is 25.8 Å². The van der Waals surface area contributed by atoms with E-state index >= 15 is 0 Å². The normalized spacial score (nSPS) is 15.3. The molecule has 0 aromatic carbocycles. The molecule has 0 amide bonds. The summed E-state index contributed by atoms with van der Waals surface area (Å²) in [6.45, 7) is 5.59. The lowest BCUT2D eigenvalue weighted by Gasteiger charge is -2.25. The number of thiophene rings is 1. The standard InChI is InChI=1S/C13H24N2S/c1-5-13(15(3)4)9-14-11(2)8-12-6-7-16-10-12/h6-7,10-11,13-14H,5,8-9H2,1-4H3. The number of likely N-dealkylation sites (N-methyl/N-ethyl adjacent to an activating group) is 1. The van der Waals surface area contributed by atoms with E-state index in [1.807, 2.05) is 0 Å². The van der Waals surface area contributed by atoms with Gasteiger partial charge in [-0.15, -0.1) is 0 Å². The van der Waals surface area contributed by atoms with Crippen molar-refractivity contribution in [3.05, 3.63) is 22.4 Å². The molecule has 1 aromatic rings. The van der Waals surface area contributed by atoms with Crippen molar-refractivity contribution >= 4 is 11.3 Å². The van der Waals surface area contributed by atoms with Gasteiger partial charge < -0.3 is 10.2 Å². The highest BCUT2D eigenvalue weighted by atomic mass is 32.1. The lowest BCUT2D eigenvalue weighted by Crippen LogP contribution is -2.41. The average Bonchev–Trinajstić information content (AvgIpc) is 2.70. The maximum absolute atomic E-state index is 3.62. The molecule has 0 aliphatic carbocycles. The second kappa shape index (κ2) is 7.05. The second-order valence-corrected chi connectivity index (χ2v) is 5.45. The summed E-state index contributed by atoms with van der Waals surface area (Å²) in [6, 6.07) is 3.42. The summed E-state index contributed by atoms with van der Waals surface area (Å²) in [5, 5.41) is 8.00. The maximum Gasteiger partial charge on any atom is 0.0212 e. The van der Waals surface area contributed by atoms with Gasteiger partial charge in [-0.2, -0.15) is 11.3 Å². The fourth-order valence-corrected chi connectivity index (χ4v) is 2.55. The quantitative estimate of drug-likeness (QED) is 0.788. The molecule has 1 rings (SSSR count). The van der Waals surface area contributed by atoms with Crippen molar-refractivity contribution in [2.75, 3.05) is 20.6 Å². The van der Waals surface area contributed by atoms with Crippen molar-refractivity contribution in [2.24, 2.45) is 0 Å². The molecule has 16 heavy (non-hydrogen) atoms. The number of hydrogen-bond acceptors (Lipinski definition) is 3. The lowest BCUT2D eigenvalue weighted by atomic mass is 10.1. The summed E-state index contributed by atoms with van der Waals surface area (Å²) in [5.74, 6) is 0. The molecule has 1 heterocycles. The minimum Gasteiger partial charge on any atom is -0.312 e. The van der Waals surface area contributed by atoms with Crippen LogP contribution in [0.4, 0.5) is 0 Å². The molecular formula is C13H24N2S. The smallest absolute Gasteiger partial charge is 0.0212 e. The van der Waals surface area contributed by atoms with E-state index in [0.29, 0.717) is 12.1 Å². The van der Waals surface area contributed by atoms with Crippen LogP contribution in [-0.2, 0) is 6.42 Å². The SMILES string of the molecule is CCC(CNC(C)Cc1ccsc1)N(C)C. The molecule has 1 N–H and O–H groups in total. The van der Waals surface area contributed by atoms with Gasteiger partial charge in [0, 0.05) is 18.6 Å². The van der Waals surface area contributed by atoms with Gasteiger partial charge in [0.05, 0.1) is 0 Å². The summed E-state index contributed by atoms with van der Waals surface area (Å²) in [4.78, 5) is 2.30. The van der Waals surface area contributed by atoms with Crippen molar-refractivity contribution in [1.29, 1.82) is 0 Å². The topological polar surface area (TPSA) is 15.3 Å². The first-order valence-corrected chi connectivity index (χ1v) is 6.98. The van der Waals surface area contributed by atoms with Crippen LogP contribution in [0.25, 0.3) is 0 Å². The van der Waals surface area contributed by atoms with E-state index < -0.39 is 0 Å². The second-order valence-electron chi connectivity index (χ2n) is 4.67. The predicted molar refractivity (Wildman–Crippen MR) is 73.3 cm³/mol. The monoisotopic (exact) mass is 240 g/mol. The molecular weight excluding hydrogens is 216 g/mol. The van der Waals surface area contributed by atoms with E-state index in [2.05, 4.69) is 55.0 Å². The fourth-order valence-electron chi connectivity index (χ4n) is 1.86. The highest BCUT2D eigenvalue weighted by Gasteiger charge is 2.10. The first-order valence-electron chi connectivity index (χ1n) is 6.04. The fraction of sp³-hybridized carbons (Fsp3) is 0.692. The first kappa shape index (κ1) is 13.7. The molecule has 0 bridgehead atoms. The van der Waals surface area contributed by atoms with Gasteiger partial charge in [-0.3, -0.25) is 0 Å². The zero-order valence-corrected chi connectivity index (χ0v) is 11.7. The predicted octanol–water partition coefficient (Wildman–Crippen LogP) is 2.61. The van der Waals surface area contributed by atoms with E-state index in [1.54, 1.807) is 11.3 Å². The Kier molecular flexibility index (Phi) is 6.03. The molecule has 92 valence electrons. The Labute approximate surface area is 104 Å². The van der Waals surface area contributed by atoms with Crippen molar-refractivity contribution in [2.45, 2.75) is 38.8 Å². The summed E-state index contributed by atoms with van der Waals surface area (Å²) in [7, 11) is 4.30. The lowest BCUT2D eigenvalue weighted by molar-refractivity contribution is 0.269. The van der Waals surface area contributed by atoms with Gasteiger partial charge in [-0.25, -0.2) is 0 Å².